The van der Waals surface area contributed by atoms with E-state index in [9.17, 15) is 0 Å². The van der Waals surface area contributed by atoms with E-state index in [1.54, 1.807) is 0 Å². The topological polar surface area (TPSA) is 23.0 Å². The van der Waals surface area contributed by atoms with Crippen molar-refractivity contribution < 1.29 is 4.42 Å². The van der Waals surface area contributed by atoms with Gasteiger partial charge in [-0.25, -0.2) is 0 Å². The van der Waals surface area contributed by atoms with Gasteiger partial charge in [-0.15, -0.1) is 11.3 Å². The minimum Gasteiger partial charge on any atom is -0.456 e. The lowest BCUT2D eigenvalue weighted by Crippen LogP contribution is -2.00. The molecule has 0 aliphatic carbocycles. The second-order valence-electron chi connectivity index (χ2n) is 13.7. The SMILES string of the molecule is c1cc(-c2ccc3oc4ccccc4c3c2)cc(-n2c3ccc4c5ccccc5sc4c3c3cccc(-n4c5ccccc5c5ccccc54)c32)c1. The summed E-state index contributed by atoms with van der Waals surface area (Å²) >= 11 is 1.90. The number of hydrogen-bond donors (Lipinski definition) is 0. The number of nitrogens with zero attached hydrogens (tertiary/aromatic N) is 2. The third-order valence-corrected chi connectivity index (χ3v) is 12.1. The normalized spacial score (nSPS) is 12.2. The molecule has 0 atom stereocenters. The van der Waals surface area contributed by atoms with Crippen molar-refractivity contribution in [1.29, 1.82) is 0 Å². The quantitative estimate of drug-likeness (QED) is 0.182. The molecule has 0 amide bonds. The van der Waals surface area contributed by atoms with Gasteiger partial charge in [0.15, 0.2) is 0 Å². The van der Waals surface area contributed by atoms with Gasteiger partial charge in [0.1, 0.15) is 11.2 Å². The van der Waals surface area contributed by atoms with E-state index >= 15 is 0 Å². The summed E-state index contributed by atoms with van der Waals surface area (Å²) in [4.78, 5) is 0. The van der Waals surface area contributed by atoms with E-state index in [-0.39, 0.29) is 0 Å². The van der Waals surface area contributed by atoms with E-state index in [4.69, 9.17) is 4.42 Å². The van der Waals surface area contributed by atoms with E-state index < -0.39 is 0 Å². The summed E-state index contributed by atoms with van der Waals surface area (Å²) in [6, 6.07) is 61.8. The molecular weight excluding hydrogens is 653 g/mol. The van der Waals surface area contributed by atoms with Gasteiger partial charge in [0, 0.05) is 58.2 Å². The Morgan fingerprint density at radius 3 is 1.92 bits per heavy atom. The maximum atomic E-state index is 6.18. The molecule has 0 fully saturated rings. The largest absolute Gasteiger partial charge is 0.456 e. The summed E-state index contributed by atoms with van der Waals surface area (Å²) in [5, 5.41) is 9.97. The Balaban J connectivity index is 1.20. The Kier molecular flexibility index (Phi) is 5.65. The van der Waals surface area contributed by atoms with Gasteiger partial charge in [0.05, 0.1) is 27.8 Å². The van der Waals surface area contributed by atoms with Crippen molar-refractivity contribution in [3.63, 3.8) is 0 Å². The van der Waals surface area contributed by atoms with E-state index in [0.29, 0.717) is 0 Å². The number of benzene rings is 8. The highest BCUT2D eigenvalue weighted by molar-refractivity contribution is 7.26. The zero-order valence-electron chi connectivity index (χ0n) is 27.9. The first kappa shape index (κ1) is 28.1. The number of aromatic nitrogens is 2. The number of rotatable bonds is 3. The highest BCUT2D eigenvalue weighted by Crippen LogP contribution is 2.46. The molecule has 52 heavy (non-hydrogen) atoms. The Morgan fingerprint density at radius 1 is 0.404 bits per heavy atom. The summed E-state index contributed by atoms with van der Waals surface area (Å²) < 4.78 is 13.8. The molecule has 8 aromatic carbocycles. The molecule has 4 heteroatoms. The summed E-state index contributed by atoms with van der Waals surface area (Å²) in [6.07, 6.45) is 0. The number of furan rings is 1. The zero-order valence-corrected chi connectivity index (χ0v) is 28.7. The summed E-state index contributed by atoms with van der Waals surface area (Å²) in [6.45, 7) is 0. The van der Waals surface area contributed by atoms with Crippen molar-refractivity contribution in [2.24, 2.45) is 0 Å². The van der Waals surface area contributed by atoms with Crippen molar-refractivity contribution in [1.82, 2.24) is 9.13 Å². The molecule has 0 spiro atoms. The minimum atomic E-state index is 0.909. The molecule has 4 heterocycles. The molecule has 0 aliphatic rings. The average Bonchev–Trinajstić information content (AvgIpc) is 3.95. The van der Waals surface area contributed by atoms with Crippen LogP contribution in [-0.2, 0) is 0 Å². The fraction of sp³-hybridized carbons (Fsp3) is 0. The van der Waals surface area contributed by atoms with E-state index in [2.05, 4.69) is 167 Å². The van der Waals surface area contributed by atoms with Crippen LogP contribution in [0.3, 0.4) is 0 Å². The van der Waals surface area contributed by atoms with Gasteiger partial charge in [-0.3, -0.25) is 0 Å². The molecule has 0 unspecified atom stereocenters. The van der Waals surface area contributed by atoms with Crippen LogP contribution in [0.1, 0.15) is 0 Å². The fourth-order valence-corrected chi connectivity index (χ4v) is 9.93. The highest BCUT2D eigenvalue weighted by Gasteiger charge is 2.22. The average molecular weight is 681 g/mol. The molecule has 3 nitrogen and oxygen atoms in total. The monoisotopic (exact) mass is 680 g/mol. The van der Waals surface area contributed by atoms with Gasteiger partial charge >= 0.3 is 0 Å². The Labute approximate surface area is 301 Å². The number of thiophene rings is 1. The Morgan fingerprint density at radius 2 is 1.08 bits per heavy atom. The van der Waals surface area contributed by atoms with Crippen LogP contribution in [0.25, 0.3) is 108 Å². The Hall–Kier alpha value is -6.62. The number of para-hydroxylation sites is 4. The van der Waals surface area contributed by atoms with Crippen LogP contribution in [0.15, 0.2) is 174 Å². The second-order valence-corrected chi connectivity index (χ2v) is 14.7. The van der Waals surface area contributed by atoms with E-state index in [1.807, 2.05) is 23.5 Å². The van der Waals surface area contributed by atoms with Crippen molar-refractivity contribution in [3.8, 4) is 22.5 Å². The van der Waals surface area contributed by atoms with Crippen LogP contribution < -0.4 is 0 Å². The summed E-state index contributed by atoms with van der Waals surface area (Å²) in [5.41, 5.74) is 11.3. The third kappa shape index (κ3) is 3.79. The lowest BCUT2D eigenvalue weighted by molar-refractivity contribution is 0.669. The van der Waals surface area contributed by atoms with Crippen molar-refractivity contribution >= 4 is 97.1 Å². The molecular formula is C48H28N2OS. The molecule has 12 rings (SSSR count). The van der Waals surface area contributed by atoms with Crippen LogP contribution in [0, 0.1) is 0 Å². The zero-order chi connectivity index (χ0) is 33.9. The van der Waals surface area contributed by atoms with Gasteiger partial charge < -0.3 is 13.6 Å². The first-order valence-corrected chi connectivity index (χ1v) is 18.5. The fourth-order valence-electron chi connectivity index (χ4n) is 8.67. The predicted octanol–water partition coefficient (Wildman–Crippen LogP) is 13.8. The molecule has 0 N–H and O–H groups in total. The molecule has 0 saturated heterocycles. The van der Waals surface area contributed by atoms with Crippen LogP contribution in [-0.4, -0.2) is 9.13 Å². The second kappa shape index (κ2) is 10.5. The summed E-state index contributed by atoms with van der Waals surface area (Å²) in [7, 11) is 0. The van der Waals surface area contributed by atoms with Gasteiger partial charge in [-0.1, -0.05) is 109 Å². The highest BCUT2D eigenvalue weighted by atomic mass is 32.1. The maximum absolute atomic E-state index is 6.18. The molecule has 0 saturated carbocycles. The van der Waals surface area contributed by atoms with Gasteiger partial charge in [-0.2, -0.15) is 0 Å². The molecule has 4 aromatic heterocycles. The molecule has 242 valence electrons. The first-order chi connectivity index (χ1) is 25.8. The maximum Gasteiger partial charge on any atom is 0.135 e. The van der Waals surface area contributed by atoms with Crippen molar-refractivity contribution in [2.75, 3.05) is 0 Å². The number of fused-ring (bicyclic) bond motifs is 13. The Bertz CT molecular complexity index is 3370. The molecule has 0 aliphatic heterocycles. The lowest BCUT2D eigenvalue weighted by atomic mass is 10.0. The van der Waals surface area contributed by atoms with Gasteiger partial charge in [0.25, 0.3) is 0 Å². The molecule has 0 radical (unpaired) electrons. The van der Waals surface area contributed by atoms with E-state index in [0.717, 1.165) is 44.4 Å². The third-order valence-electron chi connectivity index (χ3n) is 10.9. The van der Waals surface area contributed by atoms with Crippen LogP contribution in [0.4, 0.5) is 0 Å². The molecule has 12 aromatic rings. The minimum absolute atomic E-state index is 0.909. The van der Waals surface area contributed by atoms with Crippen LogP contribution in [0.2, 0.25) is 0 Å². The number of hydrogen-bond acceptors (Lipinski definition) is 2. The van der Waals surface area contributed by atoms with Gasteiger partial charge in [0.2, 0.25) is 0 Å². The van der Waals surface area contributed by atoms with Crippen molar-refractivity contribution in [2.45, 2.75) is 0 Å². The van der Waals surface area contributed by atoms with Crippen LogP contribution in [0.5, 0.6) is 0 Å². The first-order valence-electron chi connectivity index (χ1n) is 17.7. The van der Waals surface area contributed by atoms with Gasteiger partial charge in [-0.05, 0) is 71.8 Å². The van der Waals surface area contributed by atoms with E-state index in [1.165, 1.54) is 63.8 Å². The molecule has 0 bridgehead atoms. The predicted molar refractivity (Wildman–Crippen MR) is 221 cm³/mol. The standard InChI is InChI=1S/C48H28N2OS/c1-5-18-39-32(13-1)33-14-2-6-19-40(33)50(39)42-20-10-17-37-46-41(25-24-36-35-16-4-8-22-45(35)52-48(36)46)49(47(37)42)31-12-9-11-29(27-31)30-23-26-44-38(28-30)34-15-3-7-21-43(34)51-44/h1-28H. The van der Waals surface area contributed by atoms with Crippen molar-refractivity contribution in [3.05, 3.63) is 170 Å². The lowest BCUT2D eigenvalue weighted by Gasteiger charge is -2.15. The van der Waals surface area contributed by atoms with Crippen LogP contribution >= 0.6 is 11.3 Å². The summed E-state index contributed by atoms with van der Waals surface area (Å²) in [5.74, 6) is 0. The smallest absolute Gasteiger partial charge is 0.135 e.